The molecule has 22 heavy (non-hydrogen) atoms. The molecule has 1 rings (SSSR count). The molecule has 0 aliphatic heterocycles. The fourth-order valence-corrected chi connectivity index (χ4v) is 3.05. The van der Waals surface area contributed by atoms with E-state index in [0.717, 1.165) is 5.75 Å². The van der Waals surface area contributed by atoms with Crippen molar-refractivity contribution in [3.8, 4) is 0 Å². The summed E-state index contributed by atoms with van der Waals surface area (Å²) in [6.45, 7) is 8.84. The second-order valence-electron chi connectivity index (χ2n) is 6.08. The SMILES string of the molecule is CC(C)=CCCC(C)=CCCC(C)=CCSc1ccccc1. The van der Waals surface area contributed by atoms with E-state index in [0.29, 0.717) is 0 Å². The van der Waals surface area contributed by atoms with Gasteiger partial charge in [0.2, 0.25) is 0 Å². The summed E-state index contributed by atoms with van der Waals surface area (Å²) in [6.07, 6.45) is 11.8. The summed E-state index contributed by atoms with van der Waals surface area (Å²) in [7, 11) is 0. The highest BCUT2D eigenvalue weighted by Gasteiger charge is 1.93. The summed E-state index contributed by atoms with van der Waals surface area (Å²) in [4.78, 5) is 1.35. The maximum atomic E-state index is 2.40. The molecule has 1 aromatic carbocycles. The maximum absolute atomic E-state index is 2.40. The minimum absolute atomic E-state index is 1.07. The van der Waals surface area contributed by atoms with E-state index in [9.17, 15) is 0 Å². The van der Waals surface area contributed by atoms with Gasteiger partial charge in [0.25, 0.3) is 0 Å². The van der Waals surface area contributed by atoms with Gasteiger partial charge in [0, 0.05) is 10.6 Å². The molecule has 0 nitrogen and oxygen atoms in total. The smallest absolute Gasteiger partial charge is 0.0163 e. The Morgan fingerprint density at radius 3 is 2.05 bits per heavy atom. The summed E-state index contributed by atoms with van der Waals surface area (Å²) in [6, 6.07) is 10.6. The minimum Gasteiger partial charge on any atom is -0.122 e. The Bertz CT molecular complexity index is 502. The van der Waals surface area contributed by atoms with Gasteiger partial charge in [0.1, 0.15) is 0 Å². The lowest BCUT2D eigenvalue weighted by atomic mass is 10.1. The van der Waals surface area contributed by atoms with Crippen LogP contribution in [0, 0.1) is 0 Å². The topological polar surface area (TPSA) is 0 Å². The number of thioether (sulfide) groups is 1. The molecular formula is C21H30S. The number of benzene rings is 1. The Balaban J connectivity index is 2.22. The highest BCUT2D eigenvalue weighted by molar-refractivity contribution is 7.99. The molecule has 0 fully saturated rings. The molecule has 0 saturated heterocycles. The molecule has 1 aromatic rings. The van der Waals surface area contributed by atoms with Gasteiger partial charge in [0.05, 0.1) is 0 Å². The second-order valence-corrected chi connectivity index (χ2v) is 7.18. The van der Waals surface area contributed by atoms with Gasteiger partial charge < -0.3 is 0 Å². The fourth-order valence-electron chi connectivity index (χ4n) is 2.14. The predicted octanol–water partition coefficient (Wildman–Crippen LogP) is 7.20. The number of hydrogen-bond acceptors (Lipinski definition) is 1. The van der Waals surface area contributed by atoms with Crippen LogP contribution in [0.1, 0.15) is 53.4 Å². The number of rotatable bonds is 9. The van der Waals surface area contributed by atoms with Crippen LogP contribution < -0.4 is 0 Å². The lowest BCUT2D eigenvalue weighted by Crippen LogP contribution is -1.82. The second kappa shape index (κ2) is 11.4. The van der Waals surface area contributed by atoms with Crippen molar-refractivity contribution < 1.29 is 0 Å². The average Bonchev–Trinajstić information content (AvgIpc) is 2.48. The lowest BCUT2D eigenvalue weighted by molar-refractivity contribution is 0.917. The van der Waals surface area contributed by atoms with E-state index in [1.807, 2.05) is 11.8 Å². The van der Waals surface area contributed by atoms with E-state index in [1.54, 1.807) is 0 Å². The molecule has 0 saturated carbocycles. The van der Waals surface area contributed by atoms with Gasteiger partial charge in [-0.1, -0.05) is 53.1 Å². The molecule has 0 unspecified atom stereocenters. The van der Waals surface area contributed by atoms with Gasteiger partial charge in [-0.3, -0.25) is 0 Å². The Labute approximate surface area is 141 Å². The monoisotopic (exact) mass is 314 g/mol. The molecule has 0 bridgehead atoms. The molecule has 0 radical (unpaired) electrons. The van der Waals surface area contributed by atoms with Crippen molar-refractivity contribution in [1.82, 2.24) is 0 Å². The fraction of sp³-hybridized carbons (Fsp3) is 0.429. The van der Waals surface area contributed by atoms with Crippen LogP contribution in [0.4, 0.5) is 0 Å². The molecular weight excluding hydrogens is 284 g/mol. The minimum atomic E-state index is 1.07. The van der Waals surface area contributed by atoms with Crippen LogP contribution in [0.25, 0.3) is 0 Å². The van der Waals surface area contributed by atoms with Crippen LogP contribution in [0.5, 0.6) is 0 Å². The molecule has 0 heterocycles. The van der Waals surface area contributed by atoms with E-state index in [2.05, 4.69) is 76.3 Å². The Kier molecular flexibility index (Phi) is 9.74. The summed E-state index contributed by atoms with van der Waals surface area (Å²) < 4.78 is 0. The normalized spacial score (nSPS) is 12.4. The number of allylic oxidation sites excluding steroid dienone is 5. The van der Waals surface area contributed by atoms with Crippen molar-refractivity contribution in [3.05, 3.63) is 65.3 Å². The van der Waals surface area contributed by atoms with E-state index in [4.69, 9.17) is 0 Å². The molecule has 1 heteroatoms. The van der Waals surface area contributed by atoms with E-state index in [-0.39, 0.29) is 0 Å². The Morgan fingerprint density at radius 1 is 0.818 bits per heavy atom. The van der Waals surface area contributed by atoms with E-state index < -0.39 is 0 Å². The summed E-state index contributed by atoms with van der Waals surface area (Å²) in [5.74, 6) is 1.07. The third-order valence-electron chi connectivity index (χ3n) is 3.55. The van der Waals surface area contributed by atoms with Crippen molar-refractivity contribution in [3.63, 3.8) is 0 Å². The highest BCUT2D eigenvalue weighted by atomic mass is 32.2. The Hall–Kier alpha value is -1.21. The maximum Gasteiger partial charge on any atom is 0.0163 e. The van der Waals surface area contributed by atoms with Gasteiger partial charge in [-0.05, 0) is 65.5 Å². The zero-order chi connectivity index (χ0) is 16.2. The first-order chi connectivity index (χ1) is 10.6. The van der Waals surface area contributed by atoms with Crippen molar-refractivity contribution in [2.24, 2.45) is 0 Å². The third-order valence-corrected chi connectivity index (χ3v) is 4.49. The zero-order valence-electron chi connectivity index (χ0n) is 14.6. The predicted molar refractivity (Wildman–Crippen MR) is 103 cm³/mol. The van der Waals surface area contributed by atoms with Gasteiger partial charge in [0.15, 0.2) is 0 Å². The van der Waals surface area contributed by atoms with Gasteiger partial charge in [-0.2, -0.15) is 0 Å². The third kappa shape index (κ3) is 9.68. The largest absolute Gasteiger partial charge is 0.122 e. The molecule has 0 N–H and O–H groups in total. The Morgan fingerprint density at radius 2 is 1.41 bits per heavy atom. The number of hydrogen-bond donors (Lipinski definition) is 0. The van der Waals surface area contributed by atoms with Crippen molar-refractivity contribution >= 4 is 11.8 Å². The van der Waals surface area contributed by atoms with Crippen molar-refractivity contribution in [2.45, 2.75) is 58.3 Å². The first-order valence-corrected chi connectivity index (χ1v) is 9.19. The molecule has 120 valence electrons. The molecule has 0 amide bonds. The zero-order valence-corrected chi connectivity index (χ0v) is 15.4. The molecule has 0 aromatic heterocycles. The molecule has 0 aliphatic carbocycles. The van der Waals surface area contributed by atoms with Crippen LogP contribution in [-0.2, 0) is 0 Å². The van der Waals surface area contributed by atoms with E-state index >= 15 is 0 Å². The van der Waals surface area contributed by atoms with Crippen LogP contribution in [0.3, 0.4) is 0 Å². The molecule has 0 atom stereocenters. The van der Waals surface area contributed by atoms with Crippen molar-refractivity contribution in [1.29, 1.82) is 0 Å². The van der Waals surface area contributed by atoms with Crippen molar-refractivity contribution in [2.75, 3.05) is 5.75 Å². The van der Waals surface area contributed by atoms with Gasteiger partial charge in [-0.15, -0.1) is 11.8 Å². The molecule has 0 spiro atoms. The van der Waals surface area contributed by atoms with Gasteiger partial charge >= 0.3 is 0 Å². The summed E-state index contributed by atoms with van der Waals surface area (Å²) >= 11 is 1.90. The quantitative estimate of drug-likeness (QED) is 0.343. The van der Waals surface area contributed by atoms with Crippen LogP contribution in [-0.4, -0.2) is 5.75 Å². The summed E-state index contributed by atoms with van der Waals surface area (Å²) in [5.41, 5.74) is 4.43. The van der Waals surface area contributed by atoms with Crippen LogP contribution in [0.15, 0.2) is 70.2 Å². The van der Waals surface area contributed by atoms with Gasteiger partial charge in [-0.25, -0.2) is 0 Å². The highest BCUT2D eigenvalue weighted by Crippen LogP contribution is 2.18. The van der Waals surface area contributed by atoms with E-state index in [1.165, 1.54) is 47.3 Å². The average molecular weight is 315 g/mol. The van der Waals surface area contributed by atoms with Crippen LogP contribution >= 0.6 is 11.8 Å². The van der Waals surface area contributed by atoms with Crippen LogP contribution in [0.2, 0.25) is 0 Å². The first kappa shape index (κ1) is 18.8. The first-order valence-electron chi connectivity index (χ1n) is 8.20. The lowest BCUT2D eigenvalue weighted by Gasteiger charge is -2.02. The molecule has 0 aliphatic rings. The standard InChI is InChI=1S/C21H30S/c1-18(2)10-8-11-19(3)12-9-13-20(4)16-17-22-21-14-6-5-7-15-21/h5-7,10,12,14-16H,8-9,11,13,17H2,1-4H3. The summed E-state index contributed by atoms with van der Waals surface area (Å²) in [5, 5.41) is 0.